The van der Waals surface area contributed by atoms with E-state index in [0.29, 0.717) is 19.3 Å². The van der Waals surface area contributed by atoms with Gasteiger partial charge in [0.05, 0.1) is 0 Å². The van der Waals surface area contributed by atoms with Crippen LogP contribution in [-0.4, -0.2) is 37.2 Å². The van der Waals surface area contributed by atoms with Crippen molar-refractivity contribution in [2.75, 3.05) is 13.2 Å². The van der Waals surface area contributed by atoms with Crippen molar-refractivity contribution in [2.45, 2.75) is 309 Å². The summed E-state index contributed by atoms with van der Waals surface area (Å²) in [5.74, 6) is -0.848. The third-order valence-corrected chi connectivity index (χ3v) is 12.1. The van der Waals surface area contributed by atoms with Crippen LogP contribution in [-0.2, 0) is 28.6 Å². The van der Waals surface area contributed by atoms with E-state index in [0.717, 1.165) is 57.8 Å². The normalized spacial score (nSPS) is 11.8. The molecule has 0 aliphatic rings. The summed E-state index contributed by atoms with van der Waals surface area (Å²) in [6.07, 6.45) is 52.5. The molecule has 0 saturated heterocycles. The summed E-state index contributed by atoms with van der Waals surface area (Å²) < 4.78 is 16.8. The van der Waals surface area contributed by atoms with Gasteiger partial charge in [0.2, 0.25) is 0 Å². The highest BCUT2D eigenvalue weighted by Crippen LogP contribution is 2.17. The molecule has 0 rings (SSSR count). The van der Waals surface area contributed by atoms with Crippen LogP contribution in [0.15, 0.2) is 0 Å². The van der Waals surface area contributed by atoms with Crippen molar-refractivity contribution in [3.63, 3.8) is 0 Å². The molecule has 0 N–H and O–H groups in total. The minimum absolute atomic E-state index is 0.0625. The molecule has 0 fully saturated rings. The van der Waals surface area contributed by atoms with Gasteiger partial charge in [-0.2, -0.15) is 0 Å². The second-order valence-electron chi connectivity index (χ2n) is 18.2. The molecule has 350 valence electrons. The smallest absolute Gasteiger partial charge is 0.306 e. The lowest BCUT2D eigenvalue weighted by molar-refractivity contribution is -0.167. The van der Waals surface area contributed by atoms with Gasteiger partial charge in [0.15, 0.2) is 6.10 Å². The van der Waals surface area contributed by atoms with E-state index in [2.05, 4.69) is 20.8 Å². The number of rotatable bonds is 49. The van der Waals surface area contributed by atoms with E-state index in [1.807, 2.05) is 0 Å². The maximum Gasteiger partial charge on any atom is 0.306 e. The Morgan fingerprint density at radius 3 is 0.678 bits per heavy atom. The highest BCUT2D eigenvalue weighted by molar-refractivity contribution is 5.71. The van der Waals surface area contributed by atoms with E-state index >= 15 is 0 Å². The number of ether oxygens (including phenoxy) is 3. The molecular formula is C53H102O6. The molecule has 6 heteroatoms. The first kappa shape index (κ1) is 57.4. The fraction of sp³-hybridized carbons (Fsp3) is 0.943. The third kappa shape index (κ3) is 47.3. The van der Waals surface area contributed by atoms with E-state index < -0.39 is 6.10 Å². The maximum absolute atomic E-state index is 12.7. The Morgan fingerprint density at radius 2 is 0.458 bits per heavy atom. The first-order valence-corrected chi connectivity index (χ1v) is 26.5. The molecule has 0 aromatic heterocycles. The SMILES string of the molecule is CCCCCCCCCCCCCCCCCCCCC(=O)OC[C@@H](COC(=O)CCCCCCCCCCCCCCCCCC)OC(=O)CCCCCCCCC. The van der Waals surface area contributed by atoms with Gasteiger partial charge in [0.25, 0.3) is 0 Å². The minimum atomic E-state index is -0.758. The molecule has 0 saturated carbocycles. The van der Waals surface area contributed by atoms with Gasteiger partial charge in [-0.05, 0) is 19.3 Å². The van der Waals surface area contributed by atoms with Crippen molar-refractivity contribution < 1.29 is 28.6 Å². The maximum atomic E-state index is 12.7. The van der Waals surface area contributed by atoms with Crippen molar-refractivity contribution in [1.82, 2.24) is 0 Å². The predicted molar refractivity (Wildman–Crippen MR) is 252 cm³/mol. The van der Waals surface area contributed by atoms with Crippen molar-refractivity contribution in [2.24, 2.45) is 0 Å². The molecule has 59 heavy (non-hydrogen) atoms. The van der Waals surface area contributed by atoms with Crippen LogP contribution < -0.4 is 0 Å². The van der Waals surface area contributed by atoms with E-state index in [-0.39, 0.29) is 31.1 Å². The standard InChI is InChI=1S/C53H102O6/c1-4-7-10-13-16-18-20-22-24-26-27-29-31-33-35-38-40-43-46-52(55)58-49-50(59-53(56)47-44-41-36-15-12-9-6-3)48-57-51(54)45-42-39-37-34-32-30-28-25-23-21-19-17-14-11-8-5-2/h50H,4-49H2,1-3H3/t50-/m1/s1. The molecule has 0 aliphatic heterocycles. The van der Waals surface area contributed by atoms with Gasteiger partial charge in [0.1, 0.15) is 13.2 Å². The van der Waals surface area contributed by atoms with Gasteiger partial charge in [-0.25, -0.2) is 0 Å². The summed E-state index contributed by atoms with van der Waals surface area (Å²) in [7, 11) is 0. The number of carbonyl (C=O) groups is 3. The highest BCUT2D eigenvalue weighted by Gasteiger charge is 2.19. The molecule has 0 unspecified atom stereocenters. The Kier molecular flexibility index (Phi) is 47.7. The van der Waals surface area contributed by atoms with Crippen LogP contribution in [0.3, 0.4) is 0 Å². The van der Waals surface area contributed by atoms with Crippen molar-refractivity contribution >= 4 is 17.9 Å². The summed E-state index contributed by atoms with van der Waals surface area (Å²) in [6.45, 7) is 6.65. The van der Waals surface area contributed by atoms with Crippen LogP contribution in [0.4, 0.5) is 0 Å². The Morgan fingerprint density at radius 1 is 0.271 bits per heavy atom. The van der Waals surface area contributed by atoms with E-state index in [4.69, 9.17) is 14.2 Å². The van der Waals surface area contributed by atoms with Gasteiger partial charge in [-0.15, -0.1) is 0 Å². The van der Waals surface area contributed by atoms with Gasteiger partial charge < -0.3 is 14.2 Å². The fourth-order valence-corrected chi connectivity index (χ4v) is 8.09. The average Bonchev–Trinajstić information content (AvgIpc) is 3.23. The Labute approximate surface area is 368 Å². The molecule has 0 heterocycles. The summed E-state index contributed by atoms with van der Waals surface area (Å²) in [5.41, 5.74) is 0. The van der Waals surface area contributed by atoms with Crippen LogP contribution in [0.1, 0.15) is 303 Å². The first-order valence-electron chi connectivity index (χ1n) is 26.5. The molecule has 0 aliphatic carbocycles. The number of esters is 3. The summed E-state index contributed by atoms with van der Waals surface area (Å²) in [4.78, 5) is 37.8. The fourth-order valence-electron chi connectivity index (χ4n) is 8.09. The zero-order valence-corrected chi connectivity index (χ0v) is 40.1. The lowest BCUT2D eigenvalue weighted by Crippen LogP contribution is -2.30. The van der Waals surface area contributed by atoms with Crippen LogP contribution in [0.5, 0.6) is 0 Å². The summed E-state index contributed by atoms with van der Waals surface area (Å²) in [6, 6.07) is 0. The molecule has 0 amide bonds. The molecule has 0 aromatic rings. The number of unbranched alkanes of at least 4 members (excludes halogenated alkanes) is 38. The number of hydrogen-bond acceptors (Lipinski definition) is 6. The Hall–Kier alpha value is -1.59. The van der Waals surface area contributed by atoms with E-state index in [9.17, 15) is 14.4 Å². The highest BCUT2D eigenvalue weighted by atomic mass is 16.6. The van der Waals surface area contributed by atoms with Gasteiger partial charge in [-0.3, -0.25) is 14.4 Å². The molecule has 0 spiro atoms. The molecule has 0 radical (unpaired) electrons. The molecule has 1 atom stereocenters. The van der Waals surface area contributed by atoms with Crippen molar-refractivity contribution in [3.05, 3.63) is 0 Å². The average molecular weight is 835 g/mol. The lowest BCUT2D eigenvalue weighted by atomic mass is 10.0. The molecular weight excluding hydrogens is 733 g/mol. The van der Waals surface area contributed by atoms with Gasteiger partial charge in [-0.1, -0.05) is 265 Å². The van der Waals surface area contributed by atoms with Crippen LogP contribution in [0.25, 0.3) is 0 Å². The Bertz CT molecular complexity index is 874. The van der Waals surface area contributed by atoms with Crippen molar-refractivity contribution in [3.8, 4) is 0 Å². The zero-order chi connectivity index (χ0) is 43.0. The lowest BCUT2D eigenvalue weighted by Gasteiger charge is -2.18. The third-order valence-electron chi connectivity index (χ3n) is 12.1. The second-order valence-corrected chi connectivity index (χ2v) is 18.2. The summed E-state index contributed by atoms with van der Waals surface area (Å²) in [5, 5.41) is 0. The zero-order valence-electron chi connectivity index (χ0n) is 40.1. The Balaban J connectivity index is 4.13. The van der Waals surface area contributed by atoms with Crippen LogP contribution in [0.2, 0.25) is 0 Å². The van der Waals surface area contributed by atoms with Crippen LogP contribution in [0, 0.1) is 0 Å². The predicted octanol–water partition coefficient (Wildman–Crippen LogP) is 17.2. The topological polar surface area (TPSA) is 78.9 Å². The number of hydrogen-bond donors (Lipinski definition) is 0. The van der Waals surface area contributed by atoms with E-state index in [1.54, 1.807) is 0 Å². The minimum Gasteiger partial charge on any atom is -0.462 e. The van der Waals surface area contributed by atoms with E-state index in [1.165, 1.54) is 205 Å². The van der Waals surface area contributed by atoms with Crippen LogP contribution >= 0.6 is 0 Å². The molecule has 0 aromatic carbocycles. The van der Waals surface area contributed by atoms with Gasteiger partial charge >= 0.3 is 17.9 Å². The summed E-state index contributed by atoms with van der Waals surface area (Å²) >= 11 is 0. The second kappa shape index (κ2) is 49.1. The monoisotopic (exact) mass is 835 g/mol. The number of carbonyl (C=O) groups excluding carboxylic acids is 3. The first-order chi connectivity index (χ1) is 29.0. The van der Waals surface area contributed by atoms with Gasteiger partial charge in [0, 0.05) is 19.3 Å². The largest absolute Gasteiger partial charge is 0.462 e. The van der Waals surface area contributed by atoms with Crippen molar-refractivity contribution in [1.29, 1.82) is 0 Å². The molecule has 0 bridgehead atoms. The quantitative estimate of drug-likeness (QED) is 0.0345. The molecule has 6 nitrogen and oxygen atoms in total.